The number of rotatable bonds is 9. The molecule has 1 saturated heterocycles. The maximum atomic E-state index is 13.5. The minimum absolute atomic E-state index is 0.000349. The number of carbonyl (C=O) groups excluding carboxylic acids is 2. The summed E-state index contributed by atoms with van der Waals surface area (Å²) in [6.45, 7) is 0.510. The quantitative estimate of drug-likeness (QED) is 0.440. The van der Waals surface area contributed by atoms with Crippen molar-refractivity contribution in [2.75, 3.05) is 42.9 Å². The molecular weight excluding hydrogens is 472 g/mol. The predicted molar refractivity (Wildman–Crippen MR) is 148 cm³/mol. The summed E-state index contributed by atoms with van der Waals surface area (Å²) in [6.07, 6.45) is 0.671. The number of nitrogens with zero attached hydrogens (tertiary/aromatic N) is 3. The summed E-state index contributed by atoms with van der Waals surface area (Å²) in [5.74, 6) is 0.353. The molecule has 0 radical (unpaired) electrons. The SMILES string of the molecule is COc1ccc(CCN2C(=S)N(c3ccccc3)C(=O)C2CC(=O)Nc2ccc(N(C)C)cc2)cc1. The first-order chi connectivity index (χ1) is 17.4. The van der Waals surface area contributed by atoms with Gasteiger partial charge in [-0.3, -0.25) is 14.5 Å². The van der Waals surface area contributed by atoms with Crippen molar-refractivity contribution >= 4 is 46.2 Å². The second kappa shape index (κ2) is 11.2. The fourth-order valence-electron chi connectivity index (χ4n) is 4.17. The van der Waals surface area contributed by atoms with E-state index in [9.17, 15) is 9.59 Å². The molecule has 2 amide bonds. The Kier molecular flexibility index (Phi) is 7.85. The lowest BCUT2D eigenvalue weighted by molar-refractivity contribution is -0.124. The molecule has 7 nitrogen and oxygen atoms in total. The van der Waals surface area contributed by atoms with Gasteiger partial charge in [-0.1, -0.05) is 30.3 Å². The first kappa shape index (κ1) is 25.2. The highest BCUT2D eigenvalue weighted by Gasteiger charge is 2.43. The normalized spacial score (nSPS) is 15.2. The monoisotopic (exact) mass is 502 g/mol. The molecule has 4 rings (SSSR count). The first-order valence-corrected chi connectivity index (χ1v) is 12.2. The van der Waals surface area contributed by atoms with Gasteiger partial charge in [-0.05, 0) is 72.7 Å². The highest BCUT2D eigenvalue weighted by Crippen LogP contribution is 2.28. The maximum absolute atomic E-state index is 13.5. The summed E-state index contributed by atoms with van der Waals surface area (Å²) in [7, 11) is 5.55. The van der Waals surface area contributed by atoms with Gasteiger partial charge in [0, 0.05) is 32.0 Å². The molecule has 3 aromatic carbocycles. The number of anilines is 3. The second-order valence-corrected chi connectivity index (χ2v) is 9.16. The largest absolute Gasteiger partial charge is 0.497 e. The summed E-state index contributed by atoms with van der Waals surface area (Å²) in [5, 5.41) is 3.33. The zero-order valence-corrected chi connectivity index (χ0v) is 21.5. The topological polar surface area (TPSA) is 65.1 Å². The Balaban J connectivity index is 1.51. The molecule has 1 N–H and O–H groups in total. The van der Waals surface area contributed by atoms with Crippen LogP contribution in [-0.4, -0.2) is 55.6 Å². The van der Waals surface area contributed by atoms with Crippen LogP contribution in [0.5, 0.6) is 5.75 Å². The van der Waals surface area contributed by atoms with Gasteiger partial charge in [-0.25, -0.2) is 0 Å². The van der Waals surface area contributed by atoms with Crippen LogP contribution in [0.1, 0.15) is 12.0 Å². The Morgan fingerprint density at radius 3 is 2.28 bits per heavy atom. The van der Waals surface area contributed by atoms with Crippen molar-refractivity contribution in [1.82, 2.24) is 4.90 Å². The Labute approximate surface area is 217 Å². The molecule has 1 heterocycles. The second-order valence-electron chi connectivity index (χ2n) is 8.79. The summed E-state index contributed by atoms with van der Waals surface area (Å²) in [4.78, 5) is 31.9. The number of methoxy groups -OCH3 is 1. The molecule has 1 unspecified atom stereocenters. The average Bonchev–Trinajstić information content (AvgIpc) is 3.12. The molecule has 0 aliphatic carbocycles. The third kappa shape index (κ3) is 5.66. The van der Waals surface area contributed by atoms with E-state index < -0.39 is 6.04 Å². The lowest BCUT2D eigenvalue weighted by Crippen LogP contribution is -2.39. The van der Waals surface area contributed by atoms with Crippen molar-refractivity contribution in [2.45, 2.75) is 18.9 Å². The van der Waals surface area contributed by atoms with Crippen molar-refractivity contribution in [3.05, 3.63) is 84.4 Å². The Morgan fingerprint density at radius 2 is 1.67 bits per heavy atom. The van der Waals surface area contributed by atoms with Crippen LogP contribution in [0.15, 0.2) is 78.9 Å². The predicted octanol–water partition coefficient (Wildman–Crippen LogP) is 4.33. The Hall–Kier alpha value is -3.91. The van der Waals surface area contributed by atoms with E-state index in [0.29, 0.717) is 29.5 Å². The van der Waals surface area contributed by atoms with E-state index >= 15 is 0 Å². The first-order valence-electron chi connectivity index (χ1n) is 11.8. The van der Waals surface area contributed by atoms with Crippen LogP contribution in [0.25, 0.3) is 0 Å². The lowest BCUT2D eigenvalue weighted by Gasteiger charge is -2.24. The molecule has 1 aliphatic rings. The molecular formula is C28H30N4O3S. The van der Waals surface area contributed by atoms with E-state index in [1.807, 2.05) is 103 Å². The zero-order chi connectivity index (χ0) is 25.7. The summed E-state index contributed by atoms with van der Waals surface area (Å²) >= 11 is 5.75. The molecule has 186 valence electrons. The van der Waals surface area contributed by atoms with E-state index in [4.69, 9.17) is 17.0 Å². The van der Waals surface area contributed by atoms with Crippen molar-refractivity contribution in [1.29, 1.82) is 0 Å². The van der Waals surface area contributed by atoms with Gasteiger partial charge in [0.2, 0.25) is 5.91 Å². The third-order valence-corrected chi connectivity index (χ3v) is 6.60. The summed E-state index contributed by atoms with van der Waals surface area (Å²) in [6, 6.07) is 24.0. The maximum Gasteiger partial charge on any atom is 0.256 e. The van der Waals surface area contributed by atoms with Gasteiger partial charge < -0.3 is 19.9 Å². The molecule has 3 aromatic rings. The number of carbonyl (C=O) groups is 2. The van der Waals surface area contributed by atoms with Gasteiger partial charge >= 0.3 is 0 Å². The fraction of sp³-hybridized carbons (Fsp3) is 0.250. The molecule has 8 heteroatoms. The molecule has 0 aromatic heterocycles. The molecule has 1 aliphatic heterocycles. The number of benzene rings is 3. The van der Waals surface area contributed by atoms with E-state index in [2.05, 4.69) is 5.32 Å². The highest BCUT2D eigenvalue weighted by molar-refractivity contribution is 7.80. The molecule has 0 bridgehead atoms. The summed E-state index contributed by atoms with van der Waals surface area (Å²) in [5.41, 5.74) is 3.51. The standard InChI is InChI=1S/C28H30N4O3S/c1-30(2)22-13-11-21(12-14-22)29-26(33)19-25-27(34)32(23-7-5-4-6-8-23)28(36)31(25)18-17-20-9-15-24(35-3)16-10-20/h4-16,25H,17-19H2,1-3H3,(H,29,33). The average molecular weight is 503 g/mol. The van der Waals surface area contributed by atoms with Crippen LogP contribution in [0.4, 0.5) is 17.1 Å². The summed E-state index contributed by atoms with van der Waals surface area (Å²) < 4.78 is 5.24. The van der Waals surface area contributed by atoms with Crippen LogP contribution < -0.4 is 19.9 Å². The fourth-order valence-corrected chi connectivity index (χ4v) is 4.59. The van der Waals surface area contributed by atoms with Gasteiger partial charge in [-0.15, -0.1) is 0 Å². The molecule has 0 saturated carbocycles. The smallest absolute Gasteiger partial charge is 0.256 e. The third-order valence-electron chi connectivity index (χ3n) is 6.18. The van der Waals surface area contributed by atoms with Crippen LogP contribution in [0, 0.1) is 0 Å². The van der Waals surface area contributed by atoms with Gasteiger partial charge in [0.1, 0.15) is 11.8 Å². The zero-order valence-electron chi connectivity index (χ0n) is 20.7. The van der Waals surface area contributed by atoms with Gasteiger partial charge in [0.05, 0.1) is 19.2 Å². The van der Waals surface area contributed by atoms with Gasteiger partial charge in [0.25, 0.3) is 5.91 Å². The van der Waals surface area contributed by atoms with Crippen molar-refractivity contribution in [2.24, 2.45) is 0 Å². The van der Waals surface area contributed by atoms with Gasteiger partial charge in [-0.2, -0.15) is 0 Å². The number of ether oxygens (including phenoxy) is 1. The van der Waals surface area contributed by atoms with E-state index in [0.717, 1.165) is 17.0 Å². The molecule has 1 atom stereocenters. The lowest BCUT2D eigenvalue weighted by atomic mass is 10.1. The number of hydrogen-bond donors (Lipinski definition) is 1. The minimum Gasteiger partial charge on any atom is -0.497 e. The van der Waals surface area contributed by atoms with E-state index in [-0.39, 0.29) is 18.2 Å². The van der Waals surface area contributed by atoms with Crippen LogP contribution in [0.2, 0.25) is 0 Å². The Bertz CT molecular complexity index is 1210. The van der Waals surface area contributed by atoms with Crippen LogP contribution >= 0.6 is 12.2 Å². The van der Waals surface area contributed by atoms with Crippen molar-refractivity contribution < 1.29 is 14.3 Å². The molecule has 1 fully saturated rings. The molecule has 36 heavy (non-hydrogen) atoms. The minimum atomic E-state index is -0.683. The molecule has 0 spiro atoms. The van der Waals surface area contributed by atoms with Gasteiger partial charge in [0.15, 0.2) is 5.11 Å². The van der Waals surface area contributed by atoms with E-state index in [1.54, 1.807) is 7.11 Å². The Morgan fingerprint density at radius 1 is 1.00 bits per heavy atom. The van der Waals surface area contributed by atoms with Crippen LogP contribution in [0.3, 0.4) is 0 Å². The van der Waals surface area contributed by atoms with Crippen LogP contribution in [-0.2, 0) is 16.0 Å². The number of para-hydroxylation sites is 1. The number of thiocarbonyl (C=S) groups is 1. The van der Waals surface area contributed by atoms with E-state index in [1.165, 1.54) is 4.90 Å². The van der Waals surface area contributed by atoms with Crippen molar-refractivity contribution in [3.8, 4) is 5.75 Å². The highest BCUT2D eigenvalue weighted by atomic mass is 32.1. The number of nitrogens with one attached hydrogen (secondary N) is 1. The van der Waals surface area contributed by atoms with Crippen molar-refractivity contribution in [3.63, 3.8) is 0 Å². The number of amides is 2. The number of hydrogen-bond acceptors (Lipinski definition) is 5.